The number of pyridine rings is 1. The average Bonchev–Trinajstić information content (AvgIpc) is 3.08. The number of H-pyrrole nitrogens is 1. The Morgan fingerprint density at radius 2 is 1.76 bits per heavy atom. The molecule has 0 saturated heterocycles. The lowest BCUT2D eigenvalue weighted by atomic mass is 10.2. The van der Waals surface area contributed by atoms with Crippen LogP contribution in [0, 0.1) is 0 Å². The van der Waals surface area contributed by atoms with Gasteiger partial charge in [0, 0.05) is 20.3 Å². The van der Waals surface area contributed by atoms with Gasteiger partial charge in [-0.1, -0.05) is 0 Å². The predicted molar refractivity (Wildman–Crippen MR) is 86.0 cm³/mol. The summed E-state index contributed by atoms with van der Waals surface area (Å²) in [5.41, 5.74) is 2.08. The minimum Gasteiger partial charge on any atom is -0.337 e. The summed E-state index contributed by atoms with van der Waals surface area (Å²) in [6.07, 6.45) is -3.65. The fraction of sp³-hybridized carbons (Fsp3) is 0.188. The third kappa shape index (κ3) is 2.31. The van der Waals surface area contributed by atoms with Crippen molar-refractivity contribution in [3.05, 3.63) is 46.5 Å². The second-order valence-corrected chi connectivity index (χ2v) is 5.77. The molecule has 0 aliphatic heterocycles. The molecule has 3 aromatic heterocycles. The number of aromatic nitrogens is 5. The largest absolute Gasteiger partial charge is 0.417 e. The van der Waals surface area contributed by atoms with E-state index in [9.17, 15) is 18.0 Å². The van der Waals surface area contributed by atoms with Crippen LogP contribution in [0.2, 0.25) is 0 Å². The van der Waals surface area contributed by atoms with Crippen LogP contribution < -0.4 is 5.69 Å². The summed E-state index contributed by atoms with van der Waals surface area (Å²) in [7, 11) is 3.34. The quantitative estimate of drug-likeness (QED) is 0.576. The van der Waals surface area contributed by atoms with Crippen LogP contribution in [0.15, 0.2) is 35.3 Å². The number of alkyl halides is 3. The van der Waals surface area contributed by atoms with Gasteiger partial charge in [0.2, 0.25) is 0 Å². The van der Waals surface area contributed by atoms with E-state index in [1.54, 1.807) is 26.2 Å². The number of hydrogen-bond donors (Lipinski definition) is 1. The molecule has 1 N–H and O–H groups in total. The summed E-state index contributed by atoms with van der Waals surface area (Å²) in [5.74, 6) is 0.365. The molecule has 0 radical (unpaired) electrons. The van der Waals surface area contributed by atoms with Crippen molar-refractivity contribution in [3.8, 4) is 11.5 Å². The monoisotopic (exact) mass is 347 g/mol. The highest BCUT2D eigenvalue weighted by Gasteiger charge is 2.30. The van der Waals surface area contributed by atoms with Crippen molar-refractivity contribution in [2.45, 2.75) is 6.18 Å². The molecule has 1 aromatic carbocycles. The van der Waals surface area contributed by atoms with Gasteiger partial charge < -0.3 is 4.98 Å². The van der Waals surface area contributed by atoms with Crippen molar-refractivity contribution in [3.63, 3.8) is 0 Å². The topological polar surface area (TPSA) is 68.5 Å². The van der Waals surface area contributed by atoms with E-state index in [0.717, 1.165) is 23.3 Å². The zero-order chi connectivity index (χ0) is 17.9. The van der Waals surface area contributed by atoms with Crippen molar-refractivity contribution in [2.24, 2.45) is 14.1 Å². The van der Waals surface area contributed by atoms with E-state index in [0.29, 0.717) is 22.6 Å². The minimum atomic E-state index is -4.43. The molecule has 0 bridgehead atoms. The third-order valence-electron chi connectivity index (χ3n) is 4.21. The normalized spacial score (nSPS) is 12.4. The van der Waals surface area contributed by atoms with Gasteiger partial charge in [0.1, 0.15) is 5.69 Å². The van der Waals surface area contributed by atoms with Crippen molar-refractivity contribution in [1.29, 1.82) is 0 Å². The molecule has 4 aromatic rings. The van der Waals surface area contributed by atoms with E-state index in [4.69, 9.17) is 0 Å². The smallest absolute Gasteiger partial charge is 0.337 e. The molecule has 0 atom stereocenters. The first-order valence-electron chi connectivity index (χ1n) is 7.34. The zero-order valence-electron chi connectivity index (χ0n) is 13.2. The molecule has 0 amide bonds. The van der Waals surface area contributed by atoms with Crippen LogP contribution >= 0.6 is 0 Å². The van der Waals surface area contributed by atoms with Gasteiger partial charge >= 0.3 is 11.9 Å². The molecule has 0 saturated carbocycles. The van der Waals surface area contributed by atoms with Crippen LogP contribution in [0.3, 0.4) is 0 Å². The summed E-state index contributed by atoms with van der Waals surface area (Å²) in [5, 5.41) is 0. The number of halogens is 3. The Labute approximate surface area is 138 Å². The molecule has 0 fully saturated rings. The molecule has 9 heteroatoms. The maximum atomic E-state index is 12.6. The van der Waals surface area contributed by atoms with Gasteiger partial charge in [0.05, 0.1) is 27.6 Å². The summed E-state index contributed by atoms with van der Waals surface area (Å²) in [6, 6.07) is 5.79. The average molecular weight is 347 g/mol. The summed E-state index contributed by atoms with van der Waals surface area (Å²) < 4.78 is 40.9. The second-order valence-electron chi connectivity index (χ2n) is 5.77. The zero-order valence-corrected chi connectivity index (χ0v) is 13.2. The van der Waals surface area contributed by atoms with Crippen LogP contribution in [0.4, 0.5) is 13.2 Å². The Hall–Kier alpha value is -3.10. The minimum absolute atomic E-state index is 0.146. The number of rotatable bonds is 1. The first kappa shape index (κ1) is 15.4. The molecular weight excluding hydrogens is 335 g/mol. The van der Waals surface area contributed by atoms with Gasteiger partial charge in [-0.25, -0.2) is 9.78 Å². The number of aromatic amines is 1. The fourth-order valence-electron chi connectivity index (χ4n) is 2.83. The first-order chi connectivity index (χ1) is 11.8. The highest BCUT2D eigenvalue weighted by atomic mass is 19.4. The number of imidazole rings is 2. The van der Waals surface area contributed by atoms with Gasteiger partial charge in [-0.15, -0.1) is 0 Å². The van der Waals surface area contributed by atoms with E-state index in [1.165, 1.54) is 15.2 Å². The number of nitrogens with zero attached hydrogens (tertiary/aromatic N) is 4. The Balaban J connectivity index is 1.85. The molecule has 0 aliphatic carbocycles. The number of fused-ring (bicyclic) bond motifs is 2. The molecule has 4 rings (SSSR count). The Morgan fingerprint density at radius 3 is 2.36 bits per heavy atom. The molecule has 128 valence electrons. The Bertz CT molecular complexity index is 1110. The van der Waals surface area contributed by atoms with Crippen molar-refractivity contribution in [2.75, 3.05) is 0 Å². The maximum Gasteiger partial charge on any atom is 0.417 e. The second kappa shape index (κ2) is 4.95. The van der Waals surface area contributed by atoms with E-state index >= 15 is 0 Å². The van der Waals surface area contributed by atoms with E-state index in [2.05, 4.69) is 15.0 Å². The van der Waals surface area contributed by atoms with Crippen molar-refractivity contribution < 1.29 is 13.2 Å². The molecule has 6 nitrogen and oxygen atoms in total. The van der Waals surface area contributed by atoms with Gasteiger partial charge in [0.15, 0.2) is 5.82 Å². The van der Waals surface area contributed by atoms with Crippen LogP contribution in [0.5, 0.6) is 0 Å². The lowest BCUT2D eigenvalue weighted by molar-refractivity contribution is -0.137. The highest BCUT2D eigenvalue weighted by Crippen LogP contribution is 2.30. The number of hydrogen-bond acceptors (Lipinski definition) is 3. The van der Waals surface area contributed by atoms with Gasteiger partial charge in [0.25, 0.3) is 0 Å². The van der Waals surface area contributed by atoms with Gasteiger partial charge in [-0.2, -0.15) is 13.2 Å². The van der Waals surface area contributed by atoms with Crippen LogP contribution in [-0.4, -0.2) is 24.1 Å². The van der Waals surface area contributed by atoms with Crippen LogP contribution in [0.1, 0.15) is 5.56 Å². The standard InChI is InChI=1S/C16H12F3N5O/c1-23-12-5-10-11(6-13(12)24(2)15(23)25)22-14(21-10)9-4-3-8(7-20-9)16(17,18)19/h3-7H,1-2H3,(H,21,22). The number of aryl methyl sites for hydroxylation is 2. The van der Waals surface area contributed by atoms with E-state index in [-0.39, 0.29) is 5.69 Å². The maximum absolute atomic E-state index is 12.6. The SMILES string of the molecule is Cn1c(=O)n(C)c2cc3[nH]c(-c4ccc(C(F)(F)F)cn4)nc3cc21. The molecule has 0 spiro atoms. The summed E-state index contributed by atoms with van der Waals surface area (Å²) in [6.45, 7) is 0. The Morgan fingerprint density at radius 1 is 1.08 bits per heavy atom. The lowest BCUT2D eigenvalue weighted by Gasteiger charge is -2.05. The van der Waals surface area contributed by atoms with Crippen molar-refractivity contribution >= 4 is 22.1 Å². The van der Waals surface area contributed by atoms with Crippen LogP contribution in [0.25, 0.3) is 33.6 Å². The van der Waals surface area contributed by atoms with Gasteiger partial charge in [-0.05, 0) is 24.3 Å². The summed E-state index contributed by atoms with van der Waals surface area (Å²) >= 11 is 0. The molecular formula is C16H12F3N5O. The fourth-order valence-corrected chi connectivity index (χ4v) is 2.83. The third-order valence-corrected chi connectivity index (χ3v) is 4.21. The number of nitrogens with one attached hydrogen (secondary N) is 1. The summed E-state index contributed by atoms with van der Waals surface area (Å²) in [4.78, 5) is 23.2. The van der Waals surface area contributed by atoms with E-state index < -0.39 is 11.7 Å². The molecule has 25 heavy (non-hydrogen) atoms. The number of benzene rings is 1. The van der Waals surface area contributed by atoms with Gasteiger partial charge in [-0.3, -0.25) is 14.1 Å². The van der Waals surface area contributed by atoms with Crippen LogP contribution in [-0.2, 0) is 20.3 Å². The Kier molecular flexibility index (Phi) is 3.05. The highest BCUT2D eigenvalue weighted by molar-refractivity contribution is 5.93. The first-order valence-corrected chi connectivity index (χ1v) is 7.34. The van der Waals surface area contributed by atoms with E-state index in [1.807, 2.05) is 0 Å². The lowest BCUT2D eigenvalue weighted by Crippen LogP contribution is -2.19. The molecule has 0 unspecified atom stereocenters. The predicted octanol–water partition coefficient (Wildman–Crippen LogP) is 2.83. The molecule has 0 aliphatic rings. The van der Waals surface area contributed by atoms with Crippen molar-refractivity contribution in [1.82, 2.24) is 24.1 Å². The molecule has 3 heterocycles.